The molecule has 114 valence electrons. The lowest BCUT2D eigenvalue weighted by Crippen LogP contribution is -2.09. The van der Waals surface area contributed by atoms with Crippen molar-refractivity contribution in [2.24, 2.45) is 5.73 Å². The van der Waals surface area contributed by atoms with Crippen LogP contribution in [0.1, 0.15) is 15.9 Å². The van der Waals surface area contributed by atoms with E-state index in [4.69, 9.17) is 10.3 Å². The maximum absolute atomic E-state index is 10.5. The van der Waals surface area contributed by atoms with Crippen molar-refractivity contribution in [3.05, 3.63) is 65.7 Å². The molecule has 0 aromatic heterocycles. The van der Waals surface area contributed by atoms with Crippen molar-refractivity contribution in [1.29, 1.82) is 0 Å². The van der Waals surface area contributed by atoms with Crippen LogP contribution in [0.5, 0.6) is 0 Å². The summed E-state index contributed by atoms with van der Waals surface area (Å²) in [6.45, 7) is 1.84. The van der Waals surface area contributed by atoms with Gasteiger partial charge in [-0.1, -0.05) is 35.9 Å². The fraction of sp³-hybridized carbons (Fsp3) is 0.0714. The highest BCUT2D eigenvalue weighted by Gasteiger charge is 2.06. The second-order valence-corrected chi connectivity index (χ2v) is 5.44. The van der Waals surface area contributed by atoms with E-state index < -0.39 is 10.1 Å². The monoisotopic (exact) mass is 311 g/mol. The first-order valence-electron chi connectivity index (χ1n) is 5.69. The van der Waals surface area contributed by atoms with Crippen LogP contribution in [0.2, 0.25) is 0 Å². The molecule has 2 rings (SSSR count). The number of benzene rings is 2. The number of nitrogens with two attached hydrogens (primary N) is 1. The first-order valence-corrected chi connectivity index (χ1v) is 7.13. The van der Waals surface area contributed by atoms with E-state index in [9.17, 15) is 13.2 Å². The first kappa shape index (κ1) is 18.8. The van der Waals surface area contributed by atoms with Crippen LogP contribution in [0.15, 0.2) is 59.5 Å². The molecule has 21 heavy (non-hydrogen) atoms. The molecule has 0 aliphatic heterocycles. The van der Waals surface area contributed by atoms with E-state index in [0.29, 0.717) is 5.56 Å². The average molecular weight is 311 g/mol. The summed E-state index contributed by atoms with van der Waals surface area (Å²) in [4.78, 5) is 10.4. The zero-order valence-electron chi connectivity index (χ0n) is 11.4. The highest BCUT2D eigenvalue weighted by molar-refractivity contribution is 7.85. The highest BCUT2D eigenvalue weighted by Crippen LogP contribution is 2.08. The van der Waals surface area contributed by atoms with Crippen LogP contribution in [-0.4, -0.2) is 24.4 Å². The van der Waals surface area contributed by atoms with E-state index in [2.05, 4.69) is 0 Å². The SMILES string of the molecule is Cc1ccc(S(=O)(=O)O)cc1.NC(=O)c1ccccc1.O. The molecule has 0 aliphatic rings. The van der Waals surface area contributed by atoms with Crippen molar-refractivity contribution in [2.45, 2.75) is 11.8 Å². The summed E-state index contributed by atoms with van der Waals surface area (Å²) in [5, 5.41) is 0. The lowest BCUT2D eigenvalue weighted by atomic mass is 10.2. The van der Waals surface area contributed by atoms with E-state index >= 15 is 0 Å². The third-order valence-electron chi connectivity index (χ3n) is 2.38. The van der Waals surface area contributed by atoms with Gasteiger partial charge in [0.1, 0.15) is 0 Å². The smallest absolute Gasteiger partial charge is 0.294 e. The second-order valence-electron chi connectivity index (χ2n) is 4.02. The van der Waals surface area contributed by atoms with Crippen LogP contribution in [0, 0.1) is 6.92 Å². The Morgan fingerprint density at radius 1 is 1.00 bits per heavy atom. The third-order valence-corrected chi connectivity index (χ3v) is 3.25. The predicted octanol–water partition coefficient (Wildman–Crippen LogP) is 1.20. The van der Waals surface area contributed by atoms with E-state index in [1.807, 2.05) is 13.0 Å². The fourth-order valence-corrected chi connectivity index (χ4v) is 1.79. The molecule has 5 N–H and O–H groups in total. The molecule has 6 nitrogen and oxygen atoms in total. The van der Waals surface area contributed by atoms with Crippen molar-refractivity contribution in [3.8, 4) is 0 Å². The number of primary amides is 1. The van der Waals surface area contributed by atoms with Crippen LogP contribution >= 0.6 is 0 Å². The maximum Gasteiger partial charge on any atom is 0.294 e. The van der Waals surface area contributed by atoms with Crippen LogP contribution in [0.25, 0.3) is 0 Å². The topological polar surface area (TPSA) is 129 Å². The number of rotatable bonds is 2. The van der Waals surface area contributed by atoms with Gasteiger partial charge in [-0.15, -0.1) is 0 Å². The molecule has 2 aromatic carbocycles. The molecule has 0 saturated carbocycles. The molecule has 0 aliphatic carbocycles. The van der Waals surface area contributed by atoms with Crippen molar-refractivity contribution < 1.29 is 23.2 Å². The number of carbonyl (C=O) groups is 1. The Morgan fingerprint density at radius 3 is 1.81 bits per heavy atom. The van der Waals surface area contributed by atoms with Crippen LogP contribution in [0.4, 0.5) is 0 Å². The summed E-state index contributed by atoms with van der Waals surface area (Å²) in [5.74, 6) is -0.379. The van der Waals surface area contributed by atoms with Gasteiger partial charge in [-0.3, -0.25) is 9.35 Å². The number of amides is 1. The van der Waals surface area contributed by atoms with Gasteiger partial charge in [0.2, 0.25) is 5.91 Å². The Hall–Kier alpha value is -2.22. The Kier molecular flexibility index (Phi) is 7.29. The first-order chi connectivity index (χ1) is 9.30. The van der Waals surface area contributed by atoms with Crippen molar-refractivity contribution in [1.82, 2.24) is 0 Å². The molecule has 0 radical (unpaired) electrons. The van der Waals surface area contributed by atoms with Crippen molar-refractivity contribution in [2.75, 3.05) is 0 Å². The Labute approximate surface area is 123 Å². The van der Waals surface area contributed by atoms with E-state index in [0.717, 1.165) is 5.56 Å². The summed E-state index contributed by atoms with van der Waals surface area (Å²) < 4.78 is 29.6. The summed E-state index contributed by atoms with van der Waals surface area (Å²) in [5.41, 5.74) is 6.48. The molecule has 0 saturated heterocycles. The Balaban J connectivity index is 0.000000370. The molecule has 0 fully saturated rings. The summed E-state index contributed by atoms with van der Waals surface area (Å²) in [6, 6.07) is 14.7. The summed E-state index contributed by atoms with van der Waals surface area (Å²) in [6.07, 6.45) is 0. The molecular weight excluding hydrogens is 294 g/mol. The molecule has 0 unspecified atom stereocenters. The van der Waals surface area contributed by atoms with Gasteiger partial charge < -0.3 is 11.2 Å². The van der Waals surface area contributed by atoms with Gasteiger partial charge in [-0.2, -0.15) is 8.42 Å². The van der Waals surface area contributed by atoms with Crippen molar-refractivity contribution >= 4 is 16.0 Å². The molecule has 7 heteroatoms. The standard InChI is InChI=1S/C7H7NO.C7H8O3S.H2O/c8-7(9)6-4-2-1-3-5-6;1-6-2-4-7(5-3-6)11(8,9)10;/h1-5H,(H2,8,9);2-5H,1H3,(H,8,9,10);1H2. The minimum atomic E-state index is -4.02. The summed E-state index contributed by atoms with van der Waals surface area (Å²) in [7, 11) is -4.02. The van der Waals surface area contributed by atoms with E-state index in [-0.39, 0.29) is 16.3 Å². The Bertz CT molecular complexity index is 666. The minimum absolute atomic E-state index is 0. The third kappa shape index (κ3) is 6.66. The lowest BCUT2D eigenvalue weighted by Gasteiger charge is -1.95. The summed E-state index contributed by atoms with van der Waals surface area (Å²) >= 11 is 0. The number of hydrogen-bond acceptors (Lipinski definition) is 3. The van der Waals surface area contributed by atoms with Gasteiger partial charge in [-0.25, -0.2) is 0 Å². The van der Waals surface area contributed by atoms with Crippen molar-refractivity contribution in [3.63, 3.8) is 0 Å². The van der Waals surface area contributed by atoms with Gasteiger partial charge >= 0.3 is 0 Å². The van der Waals surface area contributed by atoms with Gasteiger partial charge in [-0.05, 0) is 31.2 Å². The van der Waals surface area contributed by atoms with Gasteiger partial charge in [0.05, 0.1) is 4.90 Å². The molecule has 0 bridgehead atoms. The van der Waals surface area contributed by atoms with Gasteiger partial charge in [0.25, 0.3) is 10.1 Å². The lowest BCUT2D eigenvalue weighted by molar-refractivity contribution is 0.1000. The van der Waals surface area contributed by atoms with Crippen LogP contribution in [-0.2, 0) is 10.1 Å². The molecule has 1 amide bonds. The normalized spacial score (nSPS) is 9.81. The number of carbonyl (C=O) groups excluding carboxylic acids is 1. The average Bonchev–Trinajstić information content (AvgIpc) is 2.40. The quantitative estimate of drug-likeness (QED) is 0.807. The number of hydrogen-bond donors (Lipinski definition) is 2. The molecule has 0 spiro atoms. The van der Waals surface area contributed by atoms with E-state index in [1.165, 1.54) is 12.1 Å². The predicted molar refractivity (Wildman–Crippen MR) is 79.6 cm³/mol. The molecule has 0 atom stereocenters. The highest BCUT2D eigenvalue weighted by atomic mass is 32.2. The zero-order chi connectivity index (χ0) is 15.2. The Morgan fingerprint density at radius 2 is 1.48 bits per heavy atom. The van der Waals surface area contributed by atoms with Crippen LogP contribution in [0.3, 0.4) is 0 Å². The van der Waals surface area contributed by atoms with Gasteiger partial charge in [0, 0.05) is 5.56 Å². The maximum atomic E-state index is 10.5. The molecule has 0 heterocycles. The second kappa shape index (κ2) is 8.15. The van der Waals surface area contributed by atoms with Crippen LogP contribution < -0.4 is 5.73 Å². The molecule has 2 aromatic rings. The zero-order valence-corrected chi connectivity index (χ0v) is 12.2. The van der Waals surface area contributed by atoms with E-state index in [1.54, 1.807) is 36.4 Å². The largest absolute Gasteiger partial charge is 0.412 e. The van der Waals surface area contributed by atoms with Gasteiger partial charge in [0.15, 0.2) is 0 Å². The molecular formula is C14H17NO5S. The minimum Gasteiger partial charge on any atom is -0.412 e. The fourth-order valence-electron chi connectivity index (χ4n) is 1.31. The number of aryl methyl sites for hydroxylation is 1.